The highest BCUT2D eigenvalue weighted by atomic mass is 19.1. The maximum absolute atomic E-state index is 13.0. The van der Waals surface area contributed by atoms with Gasteiger partial charge >= 0.3 is 0 Å². The quantitative estimate of drug-likeness (QED) is 0.905. The summed E-state index contributed by atoms with van der Waals surface area (Å²) >= 11 is 0. The summed E-state index contributed by atoms with van der Waals surface area (Å²) in [7, 11) is 1.74. The Labute approximate surface area is 103 Å². The van der Waals surface area contributed by atoms with Gasteiger partial charge in [-0.25, -0.2) is 13.8 Å². The van der Waals surface area contributed by atoms with Crippen LogP contribution < -0.4 is 10.1 Å². The van der Waals surface area contributed by atoms with Crippen molar-refractivity contribution in [2.75, 3.05) is 12.4 Å². The fraction of sp³-hybridized carbons (Fsp3) is 0.154. The highest BCUT2D eigenvalue weighted by Crippen LogP contribution is 2.18. The van der Waals surface area contributed by atoms with Gasteiger partial charge in [-0.1, -0.05) is 6.07 Å². The van der Waals surface area contributed by atoms with E-state index in [-0.39, 0.29) is 12.4 Å². The van der Waals surface area contributed by atoms with Gasteiger partial charge in [0.1, 0.15) is 29.8 Å². The third-order valence-corrected chi connectivity index (χ3v) is 2.36. The van der Waals surface area contributed by atoms with Crippen LogP contribution in [0.1, 0.15) is 5.56 Å². The van der Waals surface area contributed by atoms with Crippen LogP contribution in [-0.2, 0) is 6.61 Å². The molecule has 0 amide bonds. The molecule has 0 unspecified atom stereocenters. The van der Waals surface area contributed by atoms with E-state index in [0.717, 1.165) is 23.8 Å². The summed E-state index contributed by atoms with van der Waals surface area (Å²) in [5.74, 6) is -0.497. The van der Waals surface area contributed by atoms with Gasteiger partial charge in [0.15, 0.2) is 0 Å². The van der Waals surface area contributed by atoms with Crippen LogP contribution in [0.2, 0.25) is 0 Å². The van der Waals surface area contributed by atoms with Crippen LogP contribution in [0, 0.1) is 11.6 Å². The first-order chi connectivity index (χ1) is 8.69. The Hall–Kier alpha value is -2.17. The lowest BCUT2D eigenvalue weighted by atomic mass is 10.2. The molecule has 1 aromatic carbocycles. The first-order valence-electron chi connectivity index (χ1n) is 5.39. The molecule has 0 saturated carbocycles. The van der Waals surface area contributed by atoms with Crippen molar-refractivity contribution in [2.24, 2.45) is 0 Å². The van der Waals surface area contributed by atoms with Crippen LogP contribution in [0.15, 0.2) is 36.5 Å². The van der Waals surface area contributed by atoms with Crippen molar-refractivity contribution >= 4 is 5.82 Å². The van der Waals surface area contributed by atoms with Crippen molar-refractivity contribution in [2.45, 2.75) is 6.61 Å². The molecule has 0 radical (unpaired) electrons. The predicted octanol–water partition coefficient (Wildman–Crippen LogP) is 2.98. The van der Waals surface area contributed by atoms with Crippen molar-refractivity contribution in [3.63, 3.8) is 0 Å². The van der Waals surface area contributed by atoms with E-state index in [1.807, 2.05) is 6.07 Å². The molecule has 0 aliphatic heterocycles. The molecule has 1 N–H and O–H groups in total. The van der Waals surface area contributed by atoms with Crippen LogP contribution in [0.25, 0.3) is 0 Å². The molecule has 0 aliphatic carbocycles. The van der Waals surface area contributed by atoms with Crippen LogP contribution in [0.4, 0.5) is 14.6 Å². The standard InChI is InChI=1S/C13H12F2N2O/c1-16-13-9(3-2-4-17-13)8-18-12-6-10(14)5-11(15)7-12/h2-7H,8H2,1H3,(H,16,17). The minimum Gasteiger partial charge on any atom is -0.489 e. The van der Waals surface area contributed by atoms with Crippen molar-refractivity contribution in [3.8, 4) is 5.75 Å². The Morgan fingerprint density at radius 3 is 2.61 bits per heavy atom. The molecule has 3 nitrogen and oxygen atoms in total. The van der Waals surface area contributed by atoms with Crippen LogP contribution in [0.3, 0.4) is 0 Å². The summed E-state index contributed by atoms with van der Waals surface area (Å²) in [4.78, 5) is 4.11. The number of ether oxygens (including phenoxy) is 1. The largest absolute Gasteiger partial charge is 0.489 e. The molecule has 2 rings (SSSR count). The monoisotopic (exact) mass is 250 g/mol. The highest BCUT2D eigenvalue weighted by molar-refractivity contribution is 5.42. The summed E-state index contributed by atoms with van der Waals surface area (Å²) in [6, 6.07) is 6.67. The number of hydrogen-bond acceptors (Lipinski definition) is 3. The molecule has 2 aromatic rings. The first-order valence-corrected chi connectivity index (χ1v) is 5.39. The Morgan fingerprint density at radius 1 is 1.22 bits per heavy atom. The fourth-order valence-corrected chi connectivity index (χ4v) is 1.55. The third kappa shape index (κ3) is 2.94. The minimum absolute atomic E-state index is 0.151. The topological polar surface area (TPSA) is 34.2 Å². The molecule has 0 spiro atoms. The molecular formula is C13H12F2N2O. The van der Waals surface area contributed by atoms with Gasteiger partial charge in [0.2, 0.25) is 0 Å². The number of halogens is 2. The summed E-state index contributed by atoms with van der Waals surface area (Å²) < 4.78 is 31.2. The van der Waals surface area contributed by atoms with E-state index in [9.17, 15) is 8.78 Å². The molecule has 1 aromatic heterocycles. The molecular weight excluding hydrogens is 238 g/mol. The van der Waals surface area contributed by atoms with E-state index >= 15 is 0 Å². The summed E-state index contributed by atoms with van der Waals surface area (Å²) in [5, 5.41) is 2.92. The Bertz CT molecular complexity index is 526. The SMILES string of the molecule is CNc1ncccc1COc1cc(F)cc(F)c1. The van der Waals surface area contributed by atoms with Gasteiger partial charge < -0.3 is 10.1 Å². The molecule has 0 saturated heterocycles. The second-order valence-corrected chi connectivity index (χ2v) is 3.65. The second-order valence-electron chi connectivity index (χ2n) is 3.65. The lowest BCUT2D eigenvalue weighted by Gasteiger charge is -2.09. The van der Waals surface area contributed by atoms with Gasteiger partial charge in [-0.3, -0.25) is 0 Å². The van der Waals surface area contributed by atoms with Gasteiger partial charge in [0.25, 0.3) is 0 Å². The van der Waals surface area contributed by atoms with Crippen molar-refractivity contribution in [3.05, 3.63) is 53.7 Å². The maximum atomic E-state index is 13.0. The van der Waals surface area contributed by atoms with Gasteiger partial charge in [0.05, 0.1) is 0 Å². The van der Waals surface area contributed by atoms with Gasteiger partial charge in [-0.05, 0) is 6.07 Å². The lowest BCUT2D eigenvalue weighted by molar-refractivity contribution is 0.303. The molecule has 94 valence electrons. The van der Waals surface area contributed by atoms with E-state index in [1.54, 1.807) is 19.3 Å². The van der Waals surface area contributed by atoms with E-state index < -0.39 is 11.6 Å². The second kappa shape index (κ2) is 5.44. The molecule has 0 bridgehead atoms. The number of hydrogen-bond donors (Lipinski definition) is 1. The lowest BCUT2D eigenvalue weighted by Crippen LogP contribution is -2.02. The Balaban J connectivity index is 2.11. The molecule has 5 heteroatoms. The van der Waals surface area contributed by atoms with Gasteiger partial charge in [-0.2, -0.15) is 0 Å². The number of aromatic nitrogens is 1. The summed E-state index contributed by atoms with van der Waals surface area (Å²) in [6.07, 6.45) is 1.65. The fourth-order valence-electron chi connectivity index (χ4n) is 1.55. The average Bonchev–Trinajstić information content (AvgIpc) is 2.35. The van der Waals surface area contributed by atoms with E-state index in [1.165, 1.54) is 0 Å². The third-order valence-electron chi connectivity index (χ3n) is 2.36. The molecule has 18 heavy (non-hydrogen) atoms. The number of nitrogens with zero attached hydrogens (tertiary/aromatic N) is 1. The van der Waals surface area contributed by atoms with Crippen LogP contribution in [-0.4, -0.2) is 12.0 Å². The van der Waals surface area contributed by atoms with Gasteiger partial charge in [-0.15, -0.1) is 0 Å². The van der Waals surface area contributed by atoms with Gasteiger partial charge in [0, 0.05) is 37.0 Å². The average molecular weight is 250 g/mol. The minimum atomic E-state index is -0.662. The predicted molar refractivity (Wildman–Crippen MR) is 64.5 cm³/mol. The normalized spacial score (nSPS) is 10.2. The Kier molecular flexibility index (Phi) is 3.72. The number of pyridine rings is 1. The first kappa shape index (κ1) is 12.3. The zero-order valence-corrected chi connectivity index (χ0v) is 9.78. The molecule has 0 fully saturated rings. The van der Waals surface area contributed by atoms with Crippen molar-refractivity contribution in [1.82, 2.24) is 4.98 Å². The smallest absolute Gasteiger partial charge is 0.132 e. The number of benzene rings is 1. The number of nitrogens with one attached hydrogen (secondary N) is 1. The highest BCUT2D eigenvalue weighted by Gasteiger charge is 2.05. The van der Waals surface area contributed by atoms with Crippen molar-refractivity contribution in [1.29, 1.82) is 0 Å². The zero-order chi connectivity index (χ0) is 13.0. The molecule has 0 atom stereocenters. The van der Waals surface area contributed by atoms with E-state index in [4.69, 9.17) is 4.74 Å². The zero-order valence-electron chi connectivity index (χ0n) is 9.78. The van der Waals surface area contributed by atoms with E-state index in [0.29, 0.717) is 5.82 Å². The summed E-state index contributed by atoms with van der Waals surface area (Å²) in [6.45, 7) is 0.187. The number of rotatable bonds is 4. The molecule has 1 heterocycles. The van der Waals surface area contributed by atoms with E-state index in [2.05, 4.69) is 10.3 Å². The molecule has 0 aliphatic rings. The van der Waals surface area contributed by atoms with Crippen LogP contribution in [0.5, 0.6) is 5.75 Å². The maximum Gasteiger partial charge on any atom is 0.132 e. The summed E-state index contributed by atoms with van der Waals surface area (Å²) in [5.41, 5.74) is 0.810. The number of anilines is 1. The van der Waals surface area contributed by atoms with Crippen LogP contribution >= 0.6 is 0 Å². The Morgan fingerprint density at radius 2 is 1.94 bits per heavy atom. The van der Waals surface area contributed by atoms with Crippen molar-refractivity contribution < 1.29 is 13.5 Å².